The molecule has 0 aromatic rings. The topological polar surface area (TPSA) is 55.4 Å². The lowest BCUT2D eigenvalue weighted by Crippen LogP contribution is -2.17. The maximum atomic E-state index is 10.8. The molecule has 0 saturated carbocycles. The van der Waals surface area contributed by atoms with Gasteiger partial charge in [0.1, 0.15) is 5.60 Å². The number of hydrogen-bond acceptors (Lipinski definition) is 5. The molecule has 1 saturated heterocycles. The van der Waals surface area contributed by atoms with Gasteiger partial charge >= 0.3 is 0 Å². The van der Waals surface area contributed by atoms with Crippen molar-refractivity contribution in [3.8, 4) is 0 Å². The smallest absolute Gasteiger partial charge is 0.293 e. The second-order valence-corrected chi connectivity index (χ2v) is 6.72. The predicted molar refractivity (Wildman–Crippen MR) is 75.7 cm³/mol. The van der Waals surface area contributed by atoms with Crippen molar-refractivity contribution in [3.63, 3.8) is 0 Å². The predicted octanol–water partition coefficient (Wildman–Crippen LogP) is 2.37. The van der Waals surface area contributed by atoms with Gasteiger partial charge in [-0.1, -0.05) is 11.8 Å². The van der Waals surface area contributed by atoms with Crippen molar-refractivity contribution in [1.82, 2.24) is 5.32 Å². The summed E-state index contributed by atoms with van der Waals surface area (Å²) in [6, 6.07) is 0. The minimum absolute atomic E-state index is 0.261. The van der Waals surface area contributed by atoms with Gasteiger partial charge in [-0.2, -0.15) is 0 Å². The Morgan fingerprint density at radius 2 is 2.00 bits per heavy atom. The summed E-state index contributed by atoms with van der Waals surface area (Å²) in [6.07, 6.45) is 3.55. The van der Waals surface area contributed by atoms with Gasteiger partial charge in [-0.3, -0.25) is 9.59 Å². The normalized spacial score (nSPS) is 20.1. The number of thioether (sulfide) groups is 1. The van der Waals surface area contributed by atoms with E-state index in [0.717, 1.165) is 19.5 Å². The van der Waals surface area contributed by atoms with E-state index in [4.69, 9.17) is 0 Å². The largest absolute Gasteiger partial charge is 0.462 e. The van der Waals surface area contributed by atoms with Crippen LogP contribution in [0, 0.1) is 0 Å². The molecular formula is C13H25NO3S. The van der Waals surface area contributed by atoms with Gasteiger partial charge in [-0.05, 0) is 53.1 Å². The molecule has 106 valence electrons. The number of carbonyl (C=O) groups is 2. The molecule has 4 nitrogen and oxygen atoms in total. The third-order valence-electron chi connectivity index (χ3n) is 2.26. The molecule has 1 aliphatic heterocycles. The molecule has 18 heavy (non-hydrogen) atoms. The molecule has 0 amide bonds. The van der Waals surface area contributed by atoms with E-state index in [0.29, 0.717) is 11.7 Å². The third-order valence-corrected chi connectivity index (χ3v) is 3.39. The average molecular weight is 275 g/mol. The fourth-order valence-corrected chi connectivity index (χ4v) is 2.47. The van der Waals surface area contributed by atoms with Crippen LogP contribution in [-0.4, -0.2) is 35.5 Å². The van der Waals surface area contributed by atoms with Gasteiger partial charge in [-0.25, -0.2) is 0 Å². The van der Waals surface area contributed by atoms with Crippen molar-refractivity contribution in [2.75, 3.05) is 13.1 Å². The summed E-state index contributed by atoms with van der Waals surface area (Å²) < 4.78 is 4.55. The van der Waals surface area contributed by atoms with Crippen LogP contribution in [-0.2, 0) is 14.3 Å². The van der Waals surface area contributed by atoms with E-state index in [1.807, 2.05) is 20.8 Å². The average Bonchev–Trinajstić information content (AvgIpc) is 2.44. The molecule has 1 rings (SSSR count). The lowest BCUT2D eigenvalue weighted by Gasteiger charge is -2.14. The summed E-state index contributed by atoms with van der Waals surface area (Å²) >= 11 is 1.51. The first-order chi connectivity index (χ1) is 8.35. The molecule has 1 unspecified atom stereocenters. The van der Waals surface area contributed by atoms with E-state index in [1.165, 1.54) is 24.6 Å². The van der Waals surface area contributed by atoms with Crippen molar-refractivity contribution in [3.05, 3.63) is 0 Å². The second kappa shape index (κ2) is 9.39. The minimum atomic E-state index is -0.318. The highest BCUT2D eigenvalue weighted by Crippen LogP contribution is 2.21. The van der Waals surface area contributed by atoms with Crippen LogP contribution in [0.15, 0.2) is 0 Å². The number of carbonyl (C=O) groups excluding carboxylic acids is 2. The Balaban J connectivity index is 0.000000360. The standard InChI is InChI=1S/C8H15NOS.C5H10O2/c1-7(10)11-8-3-2-5-9-6-4-8;1-5(2,3)7-4-6/h8-9H,2-6H2,1H3;4H,1-3H3. The molecule has 0 aromatic carbocycles. The molecule has 0 aromatic heterocycles. The van der Waals surface area contributed by atoms with Crippen molar-refractivity contribution in [2.24, 2.45) is 0 Å². The molecule has 1 N–H and O–H groups in total. The van der Waals surface area contributed by atoms with Crippen molar-refractivity contribution in [1.29, 1.82) is 0 Å². The summed E-state index contributed by atoms with van der Waals surface area (Å²) in [5.41, 5.74) is -0.318. The van der Waals surface area contributed by atoms with Crippen molar-refractivity contribution in [2.45, 2.75) is 57.8 Å². The fourth-order valence-electron chi connectivity index (χ4n) is 1.48. The van der Waals surface area contributed by atoms with Gasteiger partial charge in [0.2, 0.25) is 0 Å². The Morgan fingerprint density at radius 3 is 2.44 bits per heavy atom. The summed E-state index contributed by atoms with van der Waals surface area (Å²) in [7, 11) is 0. The number of hydrogen-bond donors (Lipinski definition) is 1. The lowest BCUT2D eigenvalue weighted by atomic mass is 10.2. The van der Waals surface area contributed by atoms with Crippen molar-refractivity contribution >= 4 is 23.3 Å². The SMILES string of the molecule is CC(=O)SC1CCCNCC1.CC(C)(C)OC=O. The lowest BCUT2D eigenvalue weighted by molar-refractivity contribution is -0.138. The second-order valence-electron chi connectivity index (χ2n) is 5.24. The van der Waals surface area contributed by atoms with Crippen LogP contribution in [0.25, 0.3) is 0 Å². The monoisotopic (exact) mass is 275 g/mol. The van der Waals surface area contributed by atoms with E-state index in [9.17, 15) is 9.59 Å². The van der Waals surface area contributed by atoms with Gasteiger partial charge in [0.05, 0.1) is 0 Å². The van der Waals surface area contributed by atoms with Gasteiger partial charge < -0.3 is 10.1 Å². The fraction of sp³-hybridized carbons (Fsp3) is 0.846. The van der Waals surface area contributed by atoms with Crippen LogP contribution in [0.5, 0.6) is 0 Å². The number of ether oxygens (including phenoxy) is 1. The maximum Gasteiger partial charge on any atom is 0.293 e. The summed E-state index contributed by atoms with van der Waals surface area (Å²) in [5.74, 6) is 0. The molecule has 5 heteroatoms. The highest BCUT2D eigenvalue weighted by atomic mass is 32.2. The summed E-state index contributed by atoms with van der Waals surface area (Å²) in [5, 5.41) is 4.16. The zero-order valence-electron chi connectivity index (χ0n) is 11.8. The van der Waals surface area contributed by atoms with E-state index in [-0.39, 0.29) is 10.7 Å². The van der Waals surface area contributed by atoms with Gasteiger partial charge in [-0.15, -0.1) is 0 Å². The first-order valence-electron chi connectivity index (χ1n) is 6.34. The number of nitrogens with one attached hydrogen (secondary N) is 1. The molecule has 1 heterocycles. The quantitative estimate of drug-likeness (QED) is 0.784. The Bertz CT molecular complexity index is 243. The highest BCUT2D eigenvalue weighted by Gasteiger charge is 2.13. The molecule has 1 fully saturated rings. The first kappa shape index (κ1) is 17.4. The minimum Gasteiger partial charge on any atom is -0.462 e. The van der Waals surface area contributed by atoms with E-state index in [1.54, 1.807) is 6.92 Å². The van der Waals surface area contributed by atoms with Crippen LogP contribution in [0.2, 0.25) is 0 Å². The third kappa shape index (κ3) is 11.9. The Hall–Kier alpha value is -0.550. The zero-order chi connectivity index (χ0) is 14.0. The van der Waals surface area contributed by atoms with E-state index < -0.39 is 0 Å². The summed E-state index contributed by atoms with van der Waals surface area (Å²) in [6.45, 7) is 9.77. The maximum absolute atomic E-state index is 10.8. The molecule has 0 radical (unpaired) electrons. The molecule has 0 bridgehead atoms. The molecule has 0 spiro atoms. The van der Waals surface area contributed by atoms with Crippen LogP contribution in [0.4, 0.5) is 0 Å². The number of rotatable bonds is 2. The van der Waals surface area contributed by atoms with Gasteiger partial charge in [0, 0.05) is 12.2 Å². The van der Waals surface area contributed by atoms with Crippen molar-refractivity contribution < 1.29 is 14.3 Å². The van der Waals surface area contributed by atoms with Crippen LogP contribution >= 0.6 is 11.8 Å². The highest BCUT2D eigenvalue weighted by molar-refractivity contribution is 8.14. The van der Waals surface area contributed by atoms with Gasteiger partial charge in [0.15, 0.2) is 5.12 Å². The Labute approximate surface area is 114 Å². The first-order valence-corrected chi connectivity index (χ1v) is 7.22. The van der Waals surface area contributed by atoms with E-state index >= 15 is 0 Å². The van der Waals surface area contributed by atoms with Crippen LogP contribution in [0.1, 0.15) is 47.0 Å². The Kier molecular flexibility index (Phi) is 9.10. The molecule has 1 atom stereocenters. The summed E-state index contributed by atoms with van der Waals surface area (Å²) in [4.78, 5) is 20.4. The zero-order valence-corrected chi connectivity index (χ0v) is 12.6. The van der Waals surface area contributed by atoms with Gasteiger partial charge in [0.25, 0.3) is 6.47 Å². The van der Waals surface area contributed by atoms with Crippen LogP contribution in [0.3, 0.4) is 0 Å². The Morgan fingerprint density at radius 1 is 1.33 bits per heavy atom. The molecule has 0 aliphatic carbocycles. The van der Waals surface area contributed by atoms with Crippen LogP contribution < -0.4 is 5.32 Å². The molecule has 1 aliphatic rings. The molecular weight excluding hydrogens is 250 g/mol. The van der Waals surface area contributed by atoms with E-state index in [2.05, 4.69) is 10.1 Å².